The van der Waals surface area contributed by atoms with Gasteiger partial charge in [0.05, 0.1) is 6.20 Å². The van der Waals surface area contributed by atoms with Gasteiger partial charge >= 0.3 is 0 Å². The quantitative estimate of drug-likeness (QED) is 0.677. The van der Waals surface area contributed by atoms with Crippen LogP contribution in [0, 0.1) is 0 Å². The highest BCUT2D eigenvalue weighted by molar-refractivity contribution is 5.92. The molecule has 4 nitrogen and oxygen atoms in total. The third-order valence-electron chi connectivity index (χ3n) is 1.77. The second-order valence-corrected chi connectivity index (χ2v) is 2.88. The Balaban J connectivity index is 2.80. The summed E-state index contributed by atoms with van der Waals surface area (Å²) >= 11 is 0. The van der Waals surface area contributed by atoms with Crippen LogP contribution in [0.4, 0.5) is 0 Å². The van der Waals surface area contributed by atoms with Crippen molar-refractivity contribution >= 4 is 5.91 Å². The Bertz CT molecular complexity index is 338. The Morgan fingerprint density at radius 3 is 2.47 bits per heavy atom. The number of hydrogen-bond acceptors (Lipinski definition) is 3. The lowest BCUT2D eigenvalue weighted by molar-refractivity contribution is 0.0784. The summed E-state index contributed by atoms with van der Waals surface area (Å²) in [5.41, 5.74) is 0.334. The Labute approximate surface area is 89.0 Å². The first kappa shape index (κ1) is 11.1. The van der Waals surface area contributed by atoms with Crippen LogP contribution in [0.3, 0.4) is 0 Å². The maximum atomic E-state index is 11.9. The van der Waals surface area contributed by atoms with E-state index in [0.717, 1.165) is 0 Å². The predicted octanol–water partition coefficient (Wildman–Crippen LogP) is 1.29. The van der Waals surface area contributed by atoms with E-state index in [1.165, 1.54) is 18.6 Å². The zero-order valence-electron chi connectivity index (χ0n) is 8.47. The minimum Gasteiger partial charge on any atom is -0.330 e. The van der Waals surface area contributed by atoms with E-state index in [1.54, 1.807) is 17.1 Å². The molecule has 0 radical (unpaired) electrons. The summed E-state index contributed by atoms with van der Waals surface area (Å²) in [7, 11) is 0. The fourth-order valence-corrected chi connectivity index (χ4v) is 1.12. The predicted molar refractivity (Wildman–Crippen MR) is 58.3 cm³/mol. The van der Waals surface area contributed by atoms with E-state index in [1.807, 2.05) is 0 Å². The van der Waals surface area contributed by atoms with Gasteiger partial charge in [0.25, 0.3) is 5.91 Å². The van der Waals surface area contributed by atoms with E-state index < -0.39 is 0 Å². The van der Waals surface area contributed by atoms with Gasteiger partial charge in [-0.15, -0.1) is 13.2 Å². The van der Waals surface area contributed by atoms with Gasteiger partial charge in [0, 0.05) is 25.5 Å². The summed E-state index contributed by atoms with van der Waals surface area (Å²) in [6, 6.07) is 0. The number of carbonyl (C=O) groups excluding carboxylic acids is 1. The standard InChI is InChI=1S/C11H13N3O/c1-3-7-14(8-4-2)11(15)10-9-12-5-6-13-10/h3-6,9H,1-2,7-8H2. The summed E-state index contributed by atoms with van der Waals surface area (Å²) in [6.07, 6.45) is 7.80. The third-order valence-corrected chi connectivity index (χ3v) is 1.77. The number of nitrogens with zero attached hydrogens (tertiary/aromatic N) is 3. The van der Waals surface area contributed by atoms with Gasteiger partial charge < -0.3 is 4.90 Å². The molecule has 1 rings (SSSR count). The van der Waals surface area contributed by atoms with Crippen LogP contribution in [0.1, 0.15) is 10.5 Å². The largest absolute Gasteiger partial charge is 0.330 e. The summed E-state index contributed by atoms with van der Waals surface area (Å²) < 4.78 is 0. The van der Waals surface area contributed by atoms with E-state index in [9.17, 15) is 4.79 Å². The normalized spacial score (nSPS) is 9.33. The average molecular weight is 203 g/mol. The number of carbonyl (C=O) groups is 1. The van der Waals surface area contributed by atoms with Gasteiger partial charge in [-0.25, -0.2) is 4.98 Å². The maximum absolute atomic E-state index is 11.9. The number of amides is 1. The first-order chi connectivity index (χ1) is 7.29. The highest BCUT2D eigenvalue weighted by atomic mass is 16.2. The molecular formula is C11H13N3O. The topological polar surface area (TPSA) is 46.1 Å². The van der Waals surface area contributed by atoms with Gasteiger partial charge in [0.15, 0.2) is 0 Å². The minimum absolute atomic E-state index is 0.164. The summed E-state index contributed by atoms with van der Waals surface area (Å²) in [5, 5.41) is 0. The lowest BCUT2D eigenvalue weighted by Crippen LogP contribution is -2.31. The van der Waals surface area contributed by atoms with Crippen LogP contribution >= 0.6 is 0 Å². The van der Waals surface area contributed by atoms with Gasteiger partial charge in [-0.2, -0.15) is 0 Å². The van der Waals surface area contributed by atoms with Crippen molar-refractivity contribution in [3.8, 4) is 0 Å². The molecule has 0 spiro atoms. The van der Waals surface area contributed by atoms with Crippen molar-refractivity contribution in [2.45, 2.75) is 0 Å². The molecule has 0 saturated heterocycles. The van der Waals surface area contributed by atoms with Gasteiger partial charge in [-0.05, 0) is 0 Å². The van der Waals surface area contributed by atoms with Crippen molar-refractivity contribution in [2.75, 3.05) is 13.1 Å². The molecule has 4 heteroatoms. The first-order valence-electron chi connectivity index (χ1n) is 4.56. The van der Waals surface area contributed by atoms with Crippen molar-refractivity contribution in [1.29, 1.82) is 0 Å². The average Bonchev–Trinajstić information content (AvgIpc) is 2.29. The van der Waals surface area contributed by atoms with E-state index in [4.69, 9.17) is 0 Å². The number of aromatic nitrogens is 2. The van der Waals surface area contributed by atoms with Crippen molar-refractivity contribution in [3.05, 3.63) is 49.6 Å². The zero-order chi connectivity index (χ0) is 11.1. The Hall–Kier alpha value is -1.97. The number of rotatable bonds is 5. The zero-order valence-corrected chi connectivity index (χ0v) is 8.47. The highest BCUT2D eigenvalue weighted by Gasteiger charge is 2.13. The smallest absolute Gasteiger partial charge is 0.274 e. The Morgan fingerprint density at radius 1 is 1.33 bits per heavy atom. The van der Waals surface area contributed by atoms with Crippen molar-refractivity contribution in [3.63, 3.8) is 0 Å². The first-order valence-corrected chi connectivity index (χ1v) is 4.56. The Kier molecular flexibility index (Phi) is 4.22. The van der Waals surface area contributed by atoms with Crippen LogP contribution in [-0.2, 0) is 0 Å². The van der Waals surface area contributed by atoms with E-state index >= 15 is 0 Å². The van der Waals surface area contributed by atoms with Crippen LogP contribution in [0.15, 0.2) is 43.9 Å². The van der Waals surface area contributed by atoms with Crippen molar-refractivity contribution in [2.24, 2.45) is 0 Å². The van der Waals surface area contributed by atoms with Gasteiger partial charge in [-0.1, -0.05) is 12.2 Å². The molecule has 0 aliphatic carbocycles. The molecule has 1 aromatic rings. The molecular weight excluding hydrogens is 190 g/mol. The second kappa shape index (κ2) is 5.70. The van der Waals surface area contributed by atoms with E-state index in [-0.39, 0.29) is 5.91 Å². The molecule has 0 fully saturated rings. The van der Waals surface area contributed by atoms with Gasteiger partial charge in [0.2, 0.25) is 0 Å². The SMILES string of the molecule is C=CCN(CC=C)C(=O)c1cnccn1. The van der Waals surface area contributed by atoms with E-state index in [0.29, 0.717) is 18.8 Å². The molecule has 1 amide bonds. The fourth-order valence-electron chi connectivity index (χ4n) is 1.12. The molecule has 0 saturated carbocycles. The monoisotopic (exact) mass is 203 g/mol. The molecule has 0 aromatic carbocycles. The van der Waals surface area contributed by atoms with Gasteiger partial charge in [0.1, 0.15) is 5.69 Å². The van der Waals surface area contributed by atoms with Crippen molar-refractivity contribution < 1.29 is 4.79 Å². The molecule has 0 N–H and O–H groups in total. The summed E-state index contributed by atoms with van der Waals surface area (Å²) in [4.78, 5) is 21.2. The van der Waals surface area contributed by atoms with Crippen LogP contribution < -0.4 is 0 Å². The van der Waals surface area contributed by atoms with Crippen LogP contribution in [0.25, 0.3) is 0 Å². The number of hydrogen-bond donors (Lipinski definition) is 0. The molecule has 0 aliphatic rings. The fraction of sp³-hybridized carbons (Fsp3) is 0.182. The lowest BCUT2D eigenvalue weighted by Gasteiger charge is -2.18. The molecule has 1 heterocycles. The van der Waals surface area contributed by atoms with Crippen molar-refractivity contribution in [1.82, 2.24) is 14.9 Å². The summed E-state index contributed by atoms with van der Waals surface area (Å²) in [5.74, 6) is -0.164. The molecule has 1 aromatic heterocycles. The molecule has 0 unspecified atom stereocenters. The molecule has 0 aliphatic heterocycles. The molecule has 15 heavy (non-hydrogen) atoms. The molecule has 0 atom stereocenters. The van der Waals surface area contributed by atoms with Crippen LogP contribution in [0.5, 0.6) is 0 Å². The highest BCUT2D eigenvalue weighted by Crippen LogP contribution is 2.00. The maximum Gasteiger partial charge on any atom is 0.274 e. The third kappa shape index (κ3) is 3.02. The van der Waals surface area contributed by atoms with Gasteiger partial charge in [-0.3, -0.25) is 9.78 Å². The van der Waals surface area contributed by atoms with E-state index in [2.05, 4.69) is 23.1 Å². The molecule has 0 bridgehead atoms. The Morgan fingerprint density at radius 2 is 2.00 bits per heavy atom. The van der Waals surface area contributed by atoms with Crippen LogP contribution in [0.2, 0.25) is 0 Å². The summed E-state index contributed by atoms with van der Waals surface area (Å²) in [6.45, 7) is 8.14. The minimum atomic E-state index is -0.164. The second-order valence-electron chi connectivity index (χ2n) is 2.88. The van der Waals surface area contributed by atoms with Crippen LogP contribution in [-0.4, -0.2) is 33.9 Å². The molecule has 78 valence electrons. The lowest BCUT2D eigenvalue weighted by atomic mass is 10.3.